The van der Waals surface area contributed by atoms with E-state index in [0.29, 0.717) is 0 Å². The summed E-state index contributed by atoms with van der Waals surface area (Å²) in [5.74, 6) is 0. The van der Waals surface area contributed by atoms with Crippen molar-refractivity contribution in [1.82, 2.24) is 0 Å². The third kappa shape index (κ3) is 112. The van der Waals surface area contributed by atoms with Gasteiger partial charge in [-0.2, -0.15) is 0 Å². The zero-order valence-electron chi connectivity index (χ0n) is 2.32. The van der Waals surface area contributed by atoms with Crippen LogP contribution in [0.15, 0.2) is 0 Å². The van der Waals surface area contributed by atoms with Crippen LogP contribution in [-0.2, 0) is 20.4 Å². The van der Waals surface area contributed by atoms with Crippen LogP contribution >= 0.6 is 0 Å². The SMILES string of the molecule is O.O.O.O.[Pd]. The van der Waals surface area contributed by atoms with E-state index >= 15 is 0 Å². The van der Waals surface area contributed by atoms with E-state index in [2.05, 4.69) is 0 Å². The Morgan fingerprint density at radius 2 is 0.400 bits per heavy atom. The summed E-state index contributed by atoms with van der Waals surface area (Å²) >= 11 is 0. The molecule has 0 aliphatic carbocycles. The van der Waals surface area contributed by atoms with Crippen LogP contribution in [0, 0.1) is 0 Å². The van der Waals surface area contributed by atoms with Crippen LogP contribution in [0.25, 0.3) is 0 Å². The summed E-state index contributed by atoms with van der Waals surface area (Å²) in [6.07, 6.45) is 0. The van der Waals surface area contributed by atoms with E-state index in [1.54, 1.807) is 0 Å². The molecule has 0 aromatic carbocycles. The molecule has 0 fully saturated rings. The fraction of sp³-hybridized carbons (Fsp3) is 0. The van der Waals surface area contributed by atoms with Gasteiger partial charge >= 0.3 is 0 Å². The van der Waals surface area contributed by atoms with E-state index in [-0.39, 0.29) is 42.3 Å². The summed E-state index contributed by atoms with van der Waals surface area (Å²) in [5, 5.41) is 0. The van der Waals surface area contributed by atoms with E-state index in [0.717, 1.165) is 0 Å². The molecule has 5 heteroatoms. The van der Waals surface area contributed by atoms with Gasteiger partial charge in [0.15, 0.2) is 0 Å². The summed E-state index contributed by atoms with van der Waals surface area (Å²) in [5.41, 5.74) is 0. The molecule has 0 amide bonds. The minimum Gasteiger partial charge on any atom is -0.412 e. The summed E-state index contributed by atoms with van der Waals surface area (Å²) in [6, 6.07) is 0. The van der Waals surface area contributed by atoms with Crippen LogP contribution in [0.4, 0.5) is 0 Å². The van der Waals surface area contributed by atoms with Crippen LogP contribution in [0.2, 0.25) is 0 Å². The van der Waals surface area contributed by atoms with Gasteiger partial charge in [-0.25, -0.2) is 0 Å². The third-order valence-electron chi connectivity index (χ3n) is 0. The second kappa shape index (κ2) is 219. The van der Waals surface area contributed by atoms with Gasteiger partial charge < -0.3 is 21.9 Å². The average Bonchev–Trinajstić information content (AvgIpc) is 0. The van der Waals surface area contributed by atoms with Gasteiger partial charge in [0.25, 0.3) is 0 Å². The predicted molar refractivity (Wildman–Crippen MR) is 14.5 cm³/mol. The normalized spacial score (nSPS) is 0. The Morgan fingerprint density at radius 3 is 0.400 bits per heavy atom. The predicted octanol–water partition coefficient (Wildman–Crippen LogP) is -3.30. The van der Waals surface area contributed by atoms with E-state index in [1.165, 1.54) is 0 Å². The first-order valence-corrected chi connectivity index (χ1v) is 0. The van der Waals surface area contributed by atoms with Gasteiger partial charge in [0.2, 0.25) is 0 Å². The summed E-state index contributed by atoms with van der Waals surface area (Å²) in [7, 11) is 0. The molecule has 0 aliphatic rings. The molecule has 0 radical (unpaired) electrons. The Hall–Kier alpha value is 0.502. The van der Waals surface area contributed by atoms with Gasteiger partial charge in [0.05, 0.1) is 0 Å². The molecule has 0 saturated carbocycles. The van der Waals surface area contributed by atoms with Crippen molar-refractivity contribution in [2.75, 3.05) is 0 Å². The van der Waals surface area contributed by atoms with Crippen molar-refractivity contribution in [3.63, 3.8) is 0 Å². The number of rotatable bonds is 0. The molecular formula is H8O4Pd. The van der Waals surface area contributed by atoms with Gasteiger partial charge in [-0.05, 0) is 0 Å². The topological polar surface area (TPSA) is 126 Å². The Bertz CT molecular complexity index is 3.61. The molecule has 0 saturated heterocycles. The van der Waals surface area contributed by atoms with Crippen LogP contribution in [-0.4, -0.2) is 21.9 Å². The van der Waals surface area contributed by atoms with Crippen molar-refractivity contribution in [3.05, 3.63) is 0 Å². The summed E-state index contributed by atoms with van der Waals surface area (Å²) < 4.78 is 0. The number of hydrogen-bond donors (Lipinski definition) is 0. The standard InChI is InChI=1S/4H2O.Pd/h4*1H2;. The molecule has 0 rings (SSSR count). The first kappa shape index (κ1) is 442. The maximum absolute atomic E-state index is 0. The fourth-order valence-electron chi connectivity index (χ4n) is 0. The Balaban J connectivity index is 0. The smallest absolute Gasteiger partial charge is 0 e. The largest absolute Gasteiger partial charge is 0.412 e. The van der Waals surface area contributed by atoms with E-state index in [1.807, 2.05) is 0 Å². The fourth-order valence-corrected chi connectivity index (χ4v) is 0. The first-order valence-electron chi connectivity index (χ1n) is 0. The van der Waals surface area contributed by atoms with Gasteiger partial charge in [0.1, 0.15) is 0 Å². The number of hydrogen-bond acceptors (Lipinski definition) is 0. The van der Waals surface area contributed by atoms with Crippen molar-refractivity contribution in [1.29, 1.82) is 0 Å². The van der Waals surface area contributed by atoms with Crippen molar-refractivity contribution in [3.8, 4) is 0 Å². The molecule has 4 nitrogen and oxygen atoms in total. The van der Waals surface area contributed by atoms with Gasteiger partial charge in [-0.3, -0.25) is 0 Å². The molecular weight excluding hydrogens is 170 g/mol. The summed E-state index contributed by atoms with van der Waals surface area (Å²) in [6.45, 7) is 0. The maximum atomic E-state index is 0. The first-order chi connectivity index (χ1) is 0. The van der Waals surface area contributed by atoms with Crippen LogP contribution in [0.1, 0.15) is 0 Å². The minimum absolute atomic E-state index is 0. The monoisotopic (exact) mass is 178 g/mol. The van der Waals surface area contributed by atoms with Crippen molar-refractivity contribution >= 4 is 0 Å². The second-order valence-corrected chi connectivity index (χ2v) is 0. The molecule has 0 aromatic rings. The molecule has 42 valence electrons. The van der Waals surface area contributed by atoms with Gasteiger partial charge in [-0.1, -0.05) is 0 Å². The zero-order chi connectivity index (χ0) is 0. The zero-order valence-corrected chi connectivity index (χ0v) is 3.87. The average molecular weight is 178 g/mol. The quantitative estimate of drug-likeness (QED) is 0.345. The third-order valence-corrected chi connectivity index (χ3v) is 0. The van der Waals surface area contributed by atoms with Crippen LogP contribution < -0.4 is 0 Å². The Kier molecular flexibility index (Phi) is 19300. The molecule has 0 bridgehead atoms. The van der Waals surface area contributed by atoms with Crippen molar-refractivity contribution < 1.29 is 42.3 Å². The molecule has 0 spiro atoms. The molecule has 0 heterocycles. The molecule has 0 aromatic heterocycles. The Morgan fingerprint density at radius 1 is 0.400 bits per heavy atom. The molecule has 5 heavy (non-hydrogen) atoms. The molecule has 0 aliphatic heterocycles. The minimum atomic E-state index is 0. The second-order valence-electron chi connectivity index (χ2n) is 0. The molecule has 0 unspecified atom stereocenters. The van der Waals surface area contributed by atoms with Crippen LogP contribution in [0.5, 0.6) is 0 Å². The van der Waals surface area contributed by atoms with E-state index < -0.39 is 0 Å². The van der Waals surface area contributed by atoms with E-state index in [9.17, 15) is 0 Å². The van der Waals surface area contributed by atoms with Gasteiger partial charge in [-0.15, -0.1) is 0 Å². The molecule has 8 N–H and O–H groups in total. The molecule has 0 atom stereocenters. The maximum Gasteiger partial charge on any atom is 0 e. The van der Waals surface area contributed by atoms with Crippen molar-refractivity contribution in [2.24, 2.45) is 0 Å². The van der Waals surface area contributed by atoms with Crippen molar-refractivity contribution in [2.45, 2.75) is 0 Å². The van der Waals surface area contributed by atoms with Gasteiger partial charge in [0, 0.05) is 20.4 Å². The van der Waals surface area contributed by atoms with Crippen LogP contribution in [0.3, 0.4) is 0 Å². The Labute approximate surface area is 43.1 Å². The summed E-state index contributed by atoms with van der Waals surface area (Å²) in [4.78, 5) is 0. The van der Waals surface area contributed by atoms with E-state index in [4.69, 9.17) is 0 Å².